The van der Waals surface area contributed by atoms with Gasteiger partial charge in [0.25, 0.3) is 0 Å². The summed E-state index contributed by atoms with van der Waals surface area (Å²) in [4.78, 5) is 4.35. The Hall–Kier alpha value is -2.07. The first kappa shape index (κ1) is 14.3. The van der Waals surface area contributed by atoms with Gasteiger partial charge in [-0.2, -0.15) is 0 Å². The minimum atomic E-state index is 0.505. The Balaban J connectivity index is 1.89. The third-order valence-electron chi connectivity index (χ3n) is 2.89. The molecule has 2 aromatic rings. The lowest BCUT2D eigenvalue weighted by Gasteiger charge is -2.08. The van der Waals surface area contributed by atoms with Crippen LogP contribution >= 0.6 is 0 Å². The molecule has 1 aromatic carbocycles. The Bertz CT molecular complexity index is 526. The highest BCUT2D eigenvalue weighted by molar-refractivity contribution is 5.28. The summed E-state index contributed by atoms with van der Waals surface area (Å²) in [6.07, 6.45) is 1.76. The van der Waals surface area contributed by atoms with E-state index in [9.17, 15) is 0 Å². The van der Waals surface area contributed by atoms with Crippen molar-refractivity contribution in [3.05, 3.63) is 53.9 Å². The highest BCUT2D eigenvalue weighted by Crippen LogP contribution is 2.16. The zero-order valence-electron chi connectivity index (χ0n) is 11.9. The normalized spacial score (nSPS) is 10.3. The number of rotatable bonds is 7. The molecule has 20 heavy (non-hydrogen) atoms. The fourth-order valence-electron chi connectivity index (χ4n) is 1.78. The van der Waals surface area contributed by atoms with Crippen LogP contribution < -0.4 is 14.8 Å². The lowest BCUT2D eigenvalue weighted by atomic mass is 10.2. The largest absolute Gasteiger partial charge is 0.497 e. The molecule has 0 radical (unpaired) electrons. The van der Waals surface area contributed by atoms with E-state index in [4.69, 9.17) is 9.47 Å². The topological polar surface area (TPSA) is 43.4 Å². The summed E-state index contributed by atoms with van der Waals surface area (Å²) in [6.45, 7) is 4.31. The van der Waals surface area contributed by atoms with Crippen LogP contribution in [0.2, 0.25) is 0 Å². The average molecular weight is 272 g/mol. The highest BCUT2D eigenvalue weighted by atomic mass is 16.5. The second-order valence-electron chi connectivity index (χ2n) is 4.41. The average Bonchev–Trinajstić information content (AvgIpc) is 2.52. The van der Waals surface area contributed by atoms with Crippen LogP contribution in [-0.4, -0.2) is 18.6 Å². The van der Waals surface area contributed by atoms with Crippen LogP contribution in [0, 0.1) is 0 Å². The molecule has 0 atom stereocenters. The molecule has 0 saturated heterocycles. The molecular weight excluding hydrogens is 252 g/mol. The molecule has 0 spiro atoms. The standard InChI is InChI=1S/C16H20N2O2/c1-3-17-10-14-7-8-16(11-18-14)20-12-13-5-4-6-15(9-13)19-2/h4-9,11,17H,3,10,12H2,1-2H3. The van der Waals surface area contributed by atoms with Crippen LogP contribution in [0.3, 0.4) is 0 Å². The van der Waals surface area contributed by atoms with E-state index in [1.165, 1.54) is 0 Å². The summed E-state index contributed by atoms with van der Waals surface area (Å²) in [7, 11) is 1.66. The zero-order chi connectivity index (χ0) is 14.2. The van der Waals surface area contributed by atoms with E-state index in [0.29, 0.717) is 6.61 Å². The molecule has 0 bridgehead atoms. The Morgan fingerprint density at radius 3 is 2.75 bits per heavy atom. The van der Waals surface area contributed by atoms with Gasteiger partial charge in [-0.15, -0.1) is 0 Å². The van der Waals surface area contributed by atoms with Crippen LogP contribution in [-0.2, 0) is 13.2 Å². The molecule has 2 rings (SSSR count). The Kier molecular flexibility index (Phi) is 5.38. The van der Waals surface area contributed by atoms with Crippen molar-refractivity contribution in [2.45, 2.75) is 20.1 Å². The third kappa shape index (κ3) is 4.24. The maximum atomic E-state index is 5.71. The summed E-state index contributed by atoms with van der Waals surface area (Å²) in [5.41, 5.74) is 2.08. The molecule has 1 heterocycles. The fourth-order valence-corrected chi connectivity index (χ4v) is 1.78. The molecule has 1 N–H and O–H groups in total. The van der Waals surface area contributed by atoms with Gasteiger partial charge < -0.3 is 14.8 Å². The van der Waals surface area contributed by atoms with E-state index in [2.05, 4.69) is 17.2 Å². The number of benzene rings is 1. The smallest absolute Gasteiger partial charge is 0.138 e. The second-order valence-corrected chi connectivity index (χ2v) is 4.41. The molecule has 0 unspecified atom stereocenters. The summed E-state index contributed by atoms with van der Waals surface area (Å²) in [5.74, 6) is 1.61. The predicted octanol–water partition coefficient (Wildman–Crippen LogP) is 2.78. The second kappa shape index (κ2) is 7.50. The minimum Gasteiger partial charge on any atom is -0.497 e. The summed E-state index contributed by atoms with van der Waals surface area (Å²) in [5, 5.41) is 3.24. The zero-order valence-corrected chi connectivity index (χ0v) is 11.9. The van der Waals surface area contributed by atoms with Crippen molar-refractivity contribution >= 4 is 0 Å². The number of aromatic nitrogens is 1. The maximum absolute atomic E-state index is 5.71. The molecule has 1 aromatic heterocycles. The van der Waals surface area contributed by atoms with Gasteiger partial charge in [0.05, 0.1) is 19.0 Å². The van der Waals surface area contributed by atoms with Crippen LogP contribution in [0.1, 0.15) is 18.2 Å². The van der Waals surface area contributed by atoms with Crippen molar-refractivity contribution in [2.75, 3.05) is 13.7 Å². The lowest BCUT2D eigenvalue weighted by molar-refractivity contribution is 0.303. The molecular formula is C16H20N2O2. The van der Waals surface area contributed by atoms with Crippen molar-refractivity contribution in [3.63, 3.8) is 0 Å². The molecule has 0 fully saturated rings. The van der Waals surface area contributed by atoms with Gasteiger partial charge in [-0.3, -0.25) is 4.98 Å². The monoisotopic (exact) mass is 272 g/mol. The summed E-state index contributed by atoms with van der Waals surface area (Å²) < 4.78 is 10.9. The van der Waals surface area contributed by atoms with Crippen LogP contribution in [0.15, 0.2) is 42.6 Å². The predicted molar refractivity (Wildman–Crippen MR) is 78.9 cm³/mol. The molecule has 4 nitrogen and oxygen atoms in total. The van der Waals surface area contributed by atoms with Crippen molar-refractivity contribution in [1.29, 1.82) is 0 Å². The van der Waals surface area contributed by atoms with E-state index in [1.54, 1.807) is 13.3 Å². The van der Waals surface area contributed by atoms with Crippen molar-refractivity contribution in [1.82, 2.24) is 10.3 Å². The molecule has 4 heteroatoms. The molecule has 0 saturated carbocycles. The van der Waals surface area contributed by atoms with E-state index < -0.39 is 0 Å². The first-order chi connectivity index (χ1) is 9.81. The van der Waals surface area contributed by atoms with E-state index in [0.717, 1.165) is 35.8 Å². The Morgan fingerprint density at radius 2 is 2.05 bits per heavy atom. The molecule has 0 aliphatic rings. The maximum Gasteiger partial charge on any atom is 0.138 e. The van der Waals surface area contributed by atoms with Crippen molar-refractivity contribution < 1.29 is 9.47 Å². The number of nitrogens with zero attached hydrogens (tertiary/aromatic N) is 1. The number of pyridine rings is 1. The first-order valence-corrected chi connectivity index (χ1v) is 6.73. The Labute approximate surface area is 119 Å². The molecule has 0 aliphatic heterocycles. The highest BCUT2D eigenvalue weighted by Gasteiger charge is 1.99. The molecule has 0 amide bonds. The van der Waals surface area contributed by atoms with Crippen molar-refractivity contribution in [3.8, 4) is 11.5 Å². The number of ether oxygens (including phenoxy) is 2. The van der Waals surface area contributed by atoms with Gasteiger partial charge in [0, 0.05) is 6.54 Å². The quantitative estimate of drug-likeness (QED) is 0.841. The number of nitrogens with one attached hydrogen (secondary N) is 1. The van der Waals surface area contributed by atoms with E-state index in [-0.39, 0.29) is 0 Å². The van der Waals surface area contributed by atoms with Gasteiger partial charge in [0.15, 0.2) is 0 Å². The summed E-state index contributed by atoms with van der Waals surface area (Å²) in [6, 6.07) is 11.8. The molecule has 0 aliphatic carbocycles. The van der Waals surface area contributed by atoms with Gasteiger partial charge in [-0.05, 0) is 36.4 Å². The van der Waals surface area contributed by atoms with E-state index >= 15 is 0 Å². The van der Waals surface area contributed by atoms with Crippen LogP contribution in [0.5, 0.6) is 11.5 Å². The number of methoxy groups -OCH3 is 1. The number of hydrogen-bond donors (Lipinski definition) is 1. The first-order valence-electron chi connectivity index (χ1n) is 6.73. The lowest BCUT2D eigenvalue weighted by Crippen LogP contribution is -2.12. The Morgan fingerprint density at radius 1 is 1.15 bits per heavy atom. The van der Waals surface area contributed by atoms with Gasteiger partial charge >= 0.3 is 0 Å². The minimum absolute atomic E-state index is 0.505. The van der Waals surface area contributed by atoms with Crippen molar-refractivity contribution in [2.24, 2.45) is 0 Å². The number of hydrogen-bond acceptors (Lipinski definition) is 4. The van der Waals surface area contributed by atoms with Gasteiger partial charge in [-0.1, -0.05) is 19.1 Å². The van der Waals surface area contributed by atoms with Crippen LogP contribution in [0.25, 0.3) is 0 Å². The third-order valence-corrected chi connectivity index (χ3v) is 2.89. The fraction of sp³-hybridized carbons (Fsp3) is 0.312. The van der Waals surface area contributed by atoms with Crippen LogP contribution in [0.4, 0.5) is 0 Å². The van der Waals surface area contributed by atoms with Gasteiger partial charge in [0.2, 0.25) is 0 Å². The SMILES string of the molecule is CCNCc1ccc(OCc2cccc(OC)c2)cn1. The summed E-state index contributed by atoms with van der Waals surface area (Å²) >= 11 is 0. The van der Waals surface area contributed by atoms with Gasteiger partial charge in [0.1, 0.15) is 18.1 Å². The molecule has 106 valence electrons. The van der Waals surface area contributed by atoms with Gasteiger partial charge in [-0.25, -0.2) is 0 Å². The van der Waals surface area contributed by atoms with E-state index in [1.807, 2.05) is 36.4 Å².